The predicted molar refractivity (Wildman–Crippen MR) is 43.7 cm³/mol. The molecule has 1 aromatic rings. The fraction of sp³-hybridized carbons (Fsp3) is 0.500. The maximum Gasteiger partial charge on any atom is 0.181 e. The van der Waals surface area contributed by atoms with Crippen molar-refractivity contribution in [2.75, 3.05) is 0 Å². The smallest absolute Gasteiger partial charge is 0.181 e. The second-order valence-electron chi connectivity index (χ2n) is 1.92. The van der Waals surface area contributed by atoms with Crippen LogP contribution in [0.15, 0.2) is 10.8 Å². The van der Waals surface area contributed by atoms with E-state index in [-0.39, 0.29) is 0 Å². The van der Waals surface area contributed by atoms with Gasteiger partial charge in [-0.1, -0.05) is 22.6 Å². The summed E-state index contributed by atoms with van der Waals surface area (Å²) in [6.45, 7) is 4.03. The van der Waals surface area contributed by atoms with Gasteiger partial charge in [-0.15, -0.1) is 0 Å². The Hall–Kier alpha value is -0.0600. The first-order valence-electron chi connectivity index (χ1n) is 2.76. The molecule has 0 saturated carbocycles. The van der Waals surface area contributed by atoms with Gasteiger partial charge in [0.15, 0.2) is 6.39 Å². The van der Waals surface area contributed by atoms with Crippen LogP contribution in [0.4, 0.5) is 0 Å². The first-order chi connectivity index (χ1) is 4.22. The van der Waals surface area contributed by atoms with Crippen LogP contribution in [0.3, 0.4) is 0 Å². The Labute approximate surface area is 67.8 Å². The van der Waals surface area contributed by atoms with E-state index >= 15 is 0 Å². The Morgan fingerprint density at radius 2 is 2.44 bits per heavy atom. The highest BCUT2D eigenvalue weighted by Crippen LogP contribution is 2.23. The molecule has 1 rings (SSSR count). The fourth-order valence-electron chi connectivity index (χ4n) is 0.693. The highest BCUT2D eigenvalue weighted by Gasteiger charge is 2.07. The van der Waals surface area contributed by atoms with Crippen LogP contribution in [0.25, 0.3) is 0 Å². The highest BCUT2D eigenvalue weighted by molar-refractivity contribution is 14.1. The standard InChI is InChI=1S/C6H8INO/c1-4(7)6-5(2)8-3-9-6/h3-4H,1-2H3. The Bertz CT molecular complexity index is 195. The Kier molecular flexibility index (Phi) is 2.10. The van der Waals surface area contributed by atoms with Crippen molar-refractivity contribution in [3.8, 4) is 0 Å². The lowest BCUT2D eigenvalue weighted by molar-refractivity contribution is 0.509. The minimum Gasteiger partial charge on any atom is -0.447 e. The molecule has 0 saturated heterocycles. The lowest BCUT2D eigenvalue weighted by atomic mass is 10.3. The van der Waals surface area contributed by atoms with Crippen molar-refractivity contribution < 1.29 is 4.42 Å². The zero-order valence-corrected chi connectivity index (χ0v) is 7.55. The molecule has 1 aromatic heterocycles. The number of rotatable bonds is 1. The average molecular weight is 237 g/mol. The molecule has 1 heterocycles. The summed E-state index contributed by atoms with van der Waals surface area (Å²) >= 11 is 2.30. The molecule has 0 N–H and O–H groups in total. The van der Waals surface area contributed by atoms with E-state index in [1.165, 1.54) is 6.39 Å². The molecule has 3 heteroatoms. The molecule has 0 aliphatic carbocycles. The first-order valence-corrected chi connectivity index (χ1v) is 4.00. The van der Waals surface area contributed by atoms with Crippen molar-refractivity contribution >= 4 is 22.6 Å². The van der Waals surface area contributed by atoms with E-state index in [9.17, 15) is 0 Å². The van der Waals surface area contributed by atoms with Gasteiger partial charge in [-0.25, -0.2) is 4.98 Å². The molecule has 0 aromatic carbocycles. The number of aromatic nitrogens is 1. The van der Waals surface area contributed by atoms with Crippen LogP contribution in [0.5, 0.6) is 0 Å². The summed E-state index contributed by atoms with van der Waals surface area (Å²) in [7, 11) is 0. The summed E-state index contributed by atoms with van der Waals surface area (Å²) < 4.78 is 5.53. The molecule has 0 bridgehead atoms. The van der Waals surface area contributed by atoms with Crippen LogP contribution < -0.4 is 0 Å². The van der Waals surface area contributed by atoms with Gasteiger partial charge in [0.1, 0.15) is 5.76 Å². The van der Waals surface area contributed by atoms with Gasteiger partial charge < -0.3 is 4.42 Å². The number of hydrogen-bond donors (Lipinski definition) is 0. The lowest BCUT2D eigenvalue weighted by Crippen LogP contribution is -1.82. The predicted octanol–water partition coefficient (Wildman–Crippen LogP) is 2.48. The summed E-state index contributed by atoms with van der Waals surface area (Å²) in [6, 6.07) is 0. The van der Waals surface area contributed by atoms with Crippen LogP contribution in [-0.2, 0) is 0 Å². The molecule has 0 fully saturated rings. The first kappa shape index (κ1) is 7.05. The van der Waals surface area contributed by atoms with E-state index in [0.717, 1.165) is 11.5 Å². The van der Waals surface area contributed by atoms with Gasteiger partial charge in [0, 0.05) is 0 Å². The SMILES string of the molecule is Cc1ncoc1C(C)I. The highest BCUT2D eigenvalue weighted by atomic mass is 127. The number of alkyl halides is 1. The molecule has 1 unspecified atom stereocenters. The van der Waals surface area contributed by atoms with Crippen LogP contribution in [0.2, 0.25) is 0 Å². The van der Waals surface area contributed by atoms with Crippen molar-refractivity contribution in [3.05, 3.63) is 17.8 Å². The molecular formula is C6H8INO. The third kappa shape index (κ3) is 1.44. The molecule has 50 valence electrons. The molecule has 0 aliphatic rings. The molecule has 0 aliphatic heterocycles. The summed E-state index contributed by atoms with van der Waals surface area (Å²) in [6.07, 6.45) is 1.49. The van der Waals surface area contributed by atoms with Gasteiger partial charge >= 0.3 is 0 Å². The third-order valence-electron chi connectivity index (χ3n) is 1.14. The largest absolute Gasteiger partial charge is 0.447 e. The van der Waals surface area contributed by atoms with Crippen molar-refractivity contribution in [1.29, 1.82) is 0 Å². The average Bonchev–Trinajstić information content (AvgIpc) is 2.13. The van der Waals surface area contributed by atoms with Gasteiger partial charge in [0.2, 0.25) is 0 Å². The molecule has 0 spiro atoms. The zero-order valence-electron chi connectivity index (χ0n) is 5.39. The van der Waals surface area contributed by atoms with Crippen LogP contribution >= 0.6 is 22.6 Å². The number of nitrogens with zero attached hydrogens (tertiary/aromatic N) is 1. The lowest BCUT2D eigenvalue weighted by Gasteiger charge is -1.95. The second kappa shape index (κ2) is 2.68. The van der Waals surface area contributed by atoms with E-state index in [1.54, 1.807) is 0 Å². The summed E-state index contributed by atoms with van der Waals surface area (Å²) in [5.41, 5.74) is 0.997. The Morgan fingerprint density at radius 1 is 1.78 bits per heavy atom. The van der Waals surface area contributed by atoms with Gasteiger partial charge in [-0.05, 0) is 13.8 Å². The Balaban J connectivity index is 2.94. The molecule has 2 nitrogen and oxygen atoms in total. The molecule has 9 heavy (non-hydrogen) atoms. The van der Waals surface area contributed by atoms with Crippen LogP contribution in [0, 0.1) is 6.92 Å². The molecule has 0 amide bonds. The zero-order chi connectivity index (χ0) is 6.85. The van der Waals surface area contributed by atoms with Gasteiger partial charge in [-0.3, -0.25) is 0 Å². The second-order valence-corrected chi connectivity index (χ2v) is 3.79. The van der Waals surface area contributed by atoms with Gasteiger partial charge in [0.05, 0.1) is 9.62 Å². The van der Waals surface area contributed by atoms with Crippen molar-refractivity contribution in [3.63, 3.8) is 0 Å². The topological polar surface area (TPSA) is 26.0 Å². The molecule has 1 atom stereocenters. The number of oxazole rings is 1. The normalized spacial score (nSPS) is 13.7. The van der Waals surface area contributed by atoms with Crippen LogP contribution in [-0.4, -0.2) is 4.98 Å². The number of aryl methyl sites for hydroxylation is 1. The molecular weight excluding hydrogens is 229 g/mol. The van der Waals surface area contributed by atoms with Crippen LogP contribution in [0.1, 0.15) is 22.3 Å². The third-order valence-corrected chi connectivity index (χ3v) is 1.71. The summed E-state index contributed by atoms with van der Waals surface area (Å²) in [5, 5.41) is 0. The number of halogens is 1. The van der Waals surface area contributed by atoms with E-state index in [1.807, 2.05) is 6.92 Å². The van der Waals surface area contributed by atoms with Crippen molar-refractivity contribution in [2.24, 2.45) is 0 Å². The van der Waals surface area contributed by atoms with Crippen molar-refractivity contribution in [2.45, 2.75) is 17.8 Å². The maximum atomic E-state index is 5.11. The van der Waals surface area contributed by atoms with Gasteiger partial charge in [-0.2, -0.15) is 0 Å². The summed E-state index contributed by atoms with van der Waals surface area (Å²) in [5.74, 6) is 0.982. The van der Waals surface area contributed by atoms with E-state index < -0.39 is 0 Å². The fourth-order valence-corrected chi connectivity index (χ4v) is 1.29. The maximum absolute atomic E-state index is 5.11. The minimum atomic E-state index is 0.421. The van der Waals surface area contributed by atoms with E-state index in [4.69, 9.17) is 4.42 Å². The quantitative estimate of drug-likeness (QED) is 0.554. The minimum absolute atomic E-state index is 0.421. The monoisotopic (exact) mass is 237 g/mol. The molecule has 0 radical (unpaired) electrons. The van der Waals surface area contributed by atoms with Gasteiger partial charge in [0.25, 0.3) is 0 Å². The van der Waals surface area contributed by atoms with E-state index in [2.05, 4.69) is 34.5 Å². The van der Waals surface area contributed by atoms with Crippen molar-refractivity contribution in [1.82, 2.24) is 4.98 Å². The summed E-state index contributed by atoms with van der Waals surface area (Å²) in [4.78, 5) is 3.97. The Morgan fingerprint density at radius 3 is 2.67 bits per heavy atom. The number of hydrogen-bond acceptors (Lipinski definition) is 2. The van der Waals surface area contributed by atoms with E-state index in [0.29, 0.717) is 3.92 Å².